The van der Waals surface area contributed by atoms with Crippen LogP contribution in [0.25, 0.3) is 10.9 Å². The van der Waals surface area contributed by atoms with E-state index in [0.29, 0.717) is 0 Å². The zero-order valence-corrected chi connectivity index (χ0v) is 13.8. The molecular formula is C16H17BrN2S. The van der Waals surface area contributed by atoms with E-state index in [2.05, 4.69) is 68.4 Å². The molecule has 4 heteroatoms. The van der Waals surface area contributed by atoms with Gasteiger partial charge >= 0.3 is 0 Å². The maximum atomic E-state index is 3.54. The molecule has 2 heterocycles. The van der Waals surface area contributed by atoms with Gasteiger partial charge in [0.2, 0.25) is 0 Å². The Morgan fingerprint density at radius 1 is 1.20 bits per heavy atom. The minimum atomic E-state index is 0.941. The van der Waals surface area contributed by atoms with Crippen molar-refractivity contribution >= 4 is 38.2 Å². The summed E-state index contributed by atoms with van der Waals surface area (Å²) in [5.74, 6) is 0. The van der Waals surface area contributed by atoms with E-state index in [1.165, 1.54) is 25.1 Å². The van der Waals surface area contributed by atoms with Crippen molar-refractivity contribution in [1.29, 1.82) is 0 Å². The van der Waals surface area contributed by atoms with Gasteiger partial charge in [0.15, 0.2) is 0 Å². The highest BCUT2D eigenvalue weighted by atomic mass is 79.9. The standard InChI is InChI=1S/C16H17BrN2S/c1-18-9-8-12-10-19(11-13-6-7-16(17)20-13)15-5-3-2-4-14(12)15/h2-7,10,18H,8-9,11H2,1H3. The summed E-state index contributed by atoms with van der Waals surface area (Å²) in [7, 11) is 2.00. The van der Waals surface area contributed by atoms with E-state index in [1.54, 1.807) is 11.3 Å². The average Bonchev–Trinajstić information content (AvgIpc) is 3.02. The molecule has 3 aromatic rings. The van der Waals surface area contributed by atoms with E-state index < -0.39 is 0 Å². The van der Waals surface area contributed by atoms with E-state index >= 15 is 0 Å². The van der Waals surface area contributed by atoms with Gasteiger partial charge < -0.3 is 9.88 Å². The molecule has 0 aliphatic heterocycles. The lowest BCUT2D eigenvalue weighted by Crippen LogP contribution is -2.10. The van der Waals surface area contributed by atoms with Crippen LogP contribution in [-0.4, -0.2) is 18.2 Å². The van der Waals surface area contributed by atoms with Crippen LogP contribution in [0.15, 0.2) is 46.4 Å². The van der Waals surface area contributed by atoms with Crippen molar-refractivity contribution in [2.75, 3.05) is 13.6 Å². The van der Waals surface area contributed by atoms with Crippen LogP contribution in [0.3, 0.4) is 0 Å². The molecule has 0 radical (unpaired) electrons. The molecule has 0 spiro atoms. The molecule has 0 fully saturated rings. The van der Waals surface area contributed by atoms with E-state index in [1.807, 2.05) is 7.05 Å². The second-order valence-electron chi connectivity index (χ2n) is 4.86. The summed E-state index contributed by atoms with van der Waals surface area (Å²) in [6, 6.07) is 13.0. The fourth-order valence-electron chi connectivity index (χ4n) is 2.52. The van der Waals surface area contributed by atoms with Gasteiger partial charge in [-0.25, -0.2) is 0 Å². The average molecular weight is 349 g/mol. The van der Waals surface area contributed by atoms with Gasteiger partial charge in [0, 0.05) is 22.0 Å². The highest BCUT2D eigenvalue weighted by Crippen LogP contribution is 2.26. The summed E-state index contributed by atoms with van der Waals surface area (Å²) in [6.45, 7) is 1.95. The van der Waals surface area contributed by atoms with Crippen LogP contribution in [0.1, 0.15) is 10.4 Å². The van der Waals surface area contributed by atoms with Crippen molar-refractivity contribution in [2.24, 2.45) is 0 Å². The molecule has 1 N–H and O–H groups in total. The first kappa shape index (κ1) is 13.9. The van der Waals surface area contributed by atoms with Gasteiger partial charge in [-0.1, -0.05) is 18.2 Å². The number of rotatable bonds is 5. The van der Waals surface area contributed by atoms with Gasteiger partial charge in [-0.05, 0) is 59.7 Å². The fraction of sp³-hybridized carbons (Fsp3) is 0.250. The topological polar surface area (TPSA) is 17.0 Å². The van der Waals surface area contributed by atoms with E-state index in [4.69, 9.17) is 0 Å². The Bertz CT molecular complexity index is 714. The third-order valence-corrected chi connectivity index (χ3v) is 5.08. The quantitative estimate of drug-likeness (QED) is 0.728. The van der Waals surface area contributed by atoms with Crippen molar-refractivity contribution in [3.63, 3.8) is 0 Å². The second kappa shape index (κ2) is 6.12. The lowest BCUT2D eigenvalue weighted by atomic mass is 10.1. The third-order valence-electron chi connectivity index (χ3n) is 3.47. The number of halogens is 1. The number of hydrogen-bond acceptors (Lipinski definition) is 2. The number of benzene rings is 1. The Morgan fingerprint density at radius 2 is 2.05 bits per heavy atom. The number of nitrogens with zero attached hydrogens (tertiary/aromatic N) is 1. The van der Waals surface area contributed by atoms with Gasteiger partial charge in [-0.3, -0.25) is 0 Å². The molecule has 0 aliphatic carbocycles. The van der Waals surface area contributed by atoms with Crippen LogP contribution in [0.4, 0.5) is 0 Å². The number of para-hydroxylation sites is 1. The molecule has 0 amide bonds. The van der Waals surface area contributed by atoms with Crippen molar-refractivity contribution in [3.8, 4) is 0 Å². The Hall–Kier alpha value is -1.10. The van der Waals surface area contributed by atoms with E-state index in [-0.39, 0.29) is 0 Å². The van der Waals surface area contributed by atoms with Crippen LogP contribution < -0.4 is 5.32 Å². The van der Waals surface area contributed by atoms with Crippen LogP contribution in [-0.2, 0) is 13.0 Å². The van der Waals surface area contributed by atoms with Crippen LogP contribution in [0.5, 0.6) is 0 Å². The smallest absolute Gasteiger partial charge is 0.0702 e. The molecule has 0 saturated carbocycles. The lowest BCUT2D eigenvalue weighted by Gasteiger charge is -2.02. The summed E-state index contributed by atoms with van der Waals surface area (Å²) in [5, 5.41) is 4.60. The molecular weight excluding hydrogens is 332 g/mol. The Morgan fingerprint density at radius 3 is 2.80 bits per heavy atom. The summed E-state index contributed by atoms with van der Waals surface area (Å²) >= 11 is 5.34. The van der Waals surface area contributed by atoms with Crippen LogP contribution in [0, 0.1) is 0 Å². The van der Waals surface area contributed by atoms with Crippen LogP contribution in [0.2, 0.25) is 0 Å². The molecule has 0 saturated heterocycles. The predicted octanol–water partition coefficient (Wildman–Crippen LogP) is 4.28. The first-order valence-electron chi connectivity index (χ1n) is 6.73. The Balaban J connectivity index is 1.97. The SMILES string of the molecule is CNCCc1cn(Cc2ccc(Br)s2)c2ccccc12. The lowest BCUT2D eigenvalue weighted by molar-refractivity contribution is 0.785. The molecule has 1 aromatic carbocycles. The monoisotopic (exact) mass is 348 g/mol. The number of hydrogen-bond donors (Lipinski definition) is 1. The first-order chi connectivity index (χ1) is 9.78. The van der Waals surface area contributed by atoms with Crippen molar-refractivity contribution in [1.82, 2.24) is 9.88 Å². The minimum Gasteiger partial charge on any atom is -0.342 e. The largest absolute Gasteiger partial charge is 0.342 e. The highest BCUT2D eigenvalue weighted by Gasteiger charge is 2.08. The van der Waals surface area contributed by atoms with Gasteiger partial charge in [0.25, 0.3) is 0 Å². The molecule has 0 aliphatic rings. The number of fused-ring (bicyclic) bond motifs is 1. The summed E-state index contributed by atoms with van der Waals surface area (Å²) in [6.07, 6.45) is 3.37. The maximum Gasteiger partial charge on any atom is 0.0702 e. The van der Waals surface area contributed by atoms with Gasteiger partial charge in [-0.15, -0.1) is 11.3 Å². The molecule has 2 nitrogen and oxygen atoms in total. The van der Waals surface area contributed by atoms with Gasteiger partial charge in [0.05, 0.1) is 10.3 Å². The zero-order valence-electron chi connectivity index (χ0n) is 11.4. The van der Waals surface area contributed by atoms with Crippen molar-refractivity contribution in [3.05, 3.63) is 56.8 Å². The highest BCUT2D eigenvalue weighted by molar-refractivity contribution is 9.11. The molecule has 104 valence electrons. The number of aromatic nitrogens is 1. The predicted molar refractivity (Wildman–Crippen MR) is 90.7 cm³/mol. The number of nitrogens with one attached hydrogen (secondary N) is 1. The molecule has 2 aromatic heterocycles. The maximum absolute atomic E-state index is 3.54. The molecule has 0 atom stereocenters. The molecule has 3 rings (SSSR count). The van der Waals surface area contributed by atoms with Crippen LogP contribution >= 0.6 is 27.3 Å². The third kappa shape index (κ3) is 2.82. The number of likely N-dealkylation sites (N-methyl/N-ethyl adjacent to an activating group) is 1. The first-order valence-corrected chi connectivity index (χ1v) is 8.34. The normalized spacial score (nSPS) is 11.3. The van der Waals surface area contributed by atoms with Gasteiger partial charge in [0.1, 0.15) is 0 Å². The van der Waals surface area contributed by atoms with E-state index in [0.717, 1.165) is 19.5 Å². The Labute approximate surface area is 131 Å². The van der Waals surface area contributed by atoms with Crippen molar-refractivity contribution < 1.29 is 0 Å². The molecule has 20 heavy (non-hydrogen) atoms. The van der Waals surface area contributed by atoms with Crippen molar-refractivity contribution in [2.45, 2.75) is 13.0 Å². The molecule has 0 bridgehead atoms. The Kier molecular flexibility index (Phi) is 4.24. The summed E-state index contributed by atoms with van der Waals surface area (Å²) in [4.78, 5) is 1.37. The molecule has 0 unspecified atom stereocenters. The second-order valence-corrected chi connectivity index (χ2v) is 7.41. The van der Waals surface area contributed by atoms with Gasteiger partial charge in [-0.2, -0.15) is 0 Å². The fourth-order valence-corrected chi connectivity index (χ4v) is 4.00. The minimum absolute atomic E-state index is 0.941. The summed E-state index contributed by atoms with van der Waals surface area (Å²) in [5.41, 5.74) is 2.74. The van der Waals surface area contributed by atoms with E-state index in [9.17, 15) is 0 Å². The number of thiophene rings is 1. The summed E-state index contributed by atoms with van der Waals surface area (Å²) < 4.78 is 3.55. The zero-order chi connectivity index (χ0) is 13.9.